The first-order valence-corrected chi connectivity index (χ1v) is 5.94. The van der Waals surface area contributed by atoms with Crippen molar-refractivity contribution in [3.63, 3.8) is 0 Å². The Kier molecular flexibility index (Phi) is 10.2. The molecule has 0 unspecified atom stereocenters. The van der Waals surface area contributed by atoms with E-state index in [4.69, 9.17) is 9.90 Å². The van der Waals surface area contributed by atoms with Crippen LogP contribution in [0.5, 0.6) is 0 Å². The van der Waals surface area contributed by atoms with E-state index in [2.05, 4.69) is 30.3 Å². The minimum atomic E-state index is -0.833. The van der Waals surface area contributed by atoms with E-state index in [1.807, 2.05) is 0 Å². The maximum absolute atomic E-state index is 9.00. The number of benzene rings is 1. The summed E-state index contributed by atoms with van der Waals surface area (Å²) in [5, 5.41) is 7.42. The topological polar surface area (TPSA) is 72.3 Å². The Morgan fingerprint density at radius 2 is 1.67 bits per heavy atom. The van der Waals surface area contributed by atoms with Gasteiger partial charge in [0.1, 0.15) is 0 Å². The predicted molar refractivity (Wildman–Crippen MR) is 44.4 cm³/mol. The Bertz CT molecular complexity index is 210. The molecule has 3 nitrogen and oxygen atoms in total. The zero-order valence-electron chi connectivity index (χ0n) is 7.16. The van der Waals surface area contributed by atoms with Crippen LogP contribution in [-0.4, -0.2) is 11.1 Å². The molecule has 0 saturated heterocycles. The van der Waals surface area contributed by atoms with Gasteiger partial charge in [0.2, 0.25) is 0 Å². The van der Waals surface area contributed by atoms with Crippen LogP contribution in [0.4, 0.5) is 0 Å². The maximum atomic E-state index is 9.00. The summed E-state index contributed by atoms with van der Waals surface area (Å²) < 4.78 is 1.52. The van der Waals surface area contributed by atoms with Crippen LogP contribution in [-0.2, 0) is 30.9 Å². The van der Waals surface area contributed by atoms with Crippen LogP contribution in [0.3, 0.4) is 0 Å². The van der Waals surface area contributed by atoms with Gasteiger partial charge in [-0.05, 0) is 0 Å². The summed E-state index contributed by atoms with van der Waals surface area (Å²) in [7, 11) is 0. The van der Waals surface area contributed by atoms with Gasteiger partial charge < -0.3 is 11.3 Å². The summed E-state index contributed by atoms with van der Waals surface area (Å²) in [6, 6.07) is 10.6. The van der Waals surface area contributed by atoms with Gasteiger partial charge in [-0.2, -0.15) is 0 Å². The standard InChI is InChI=1S/C6H5.C2H4O2.Hg.H3N/c1-2-4-6-5-3-1;1-2(3)4;;/h1-5H;1H3,(H,3,4);;1H3. The number of hydrogen-bond acceptors (Lipinski definition) is 2. The van der Waals surface area contributed by atoms with Gasteiger partial charge in [-0.25, -0.2) is 0 Å². The molecule has 0 fully saturated rings. The van der Waals surface area contributed by atoms with Crippen molar-refractivity contribution >= 4 is 9.04 Å². The molecule has 0 aliphatic rings. The molecule has 0 saturated carbocycles. The molecular formula is C8H12HgNO2. The third kappa shape index (κ3) is 12.3. The van der Waals surface area contributed by atoms with Crippen LogP contribution in [0.25, 0.3) is 0 Å². The van der Waals surface area contributed by atoms with Gasteiger partial charge in [0.25, 0.3) is 5.97 Å². The number of aliphatic carboxylic acids is 1. The summed E-state index contributed by atoms with van der Waals surface area (Å²) in [5.41, 5.74) is 0. The molecule has 0 radical (unpaired) electrons. The number of carboxylic acids is 1. The number of rotatable bonds is 0. The van der Waals surface area contributed by atoms with E-state index in [0.29, 0.717) is 0 Å². The molecular weight excluding hydrogens is 343 g/mol. The van der Waals surface area contributed by atoms with E-state index in [-0.39, 0.29) is 6.15 Å². The van der Waals surface area contributed by atoms with Gasteiger partial charge in [0, 0.05) is 6.92 Å². The molecule has 63 valence electrons. The SMILES string of the molecule is CC(=O)O.N.[Hg][c]1ccccc1. The predicted octanol–water partition coefficient (Wildman–Crippen LogP) is 1.11. The molecule has 1 aromatic rings. The van der Waals surface area contributed by atoms with Crippen molar-refractivity contribution in [1.29, 1.82) is 0 Å². The Labute approximate surface area is 88.3 Å². The van der Waals surface area contributed by atoms with Crippen LogP contribution < -0.4 is 9.22 Å². The van der Waals surface area contributed by atoms with E-state index in [1.54, 1.807) is 0 Å². The van der Waals surface area contributed by atoms with Gasteiger partial charge in [0.05, 0.1) is 0 Å². The van der Waals surface area contributed by atoms with Gasteiger partial charge in [-0.1, -0.05) is 0 Å². The summed E-state index contributed by atoms with van der Waals surface area (Å²) in [6.07, 6.45) is 0. The van der Waals surface area contributed by atoms with Crippen molar-refractivity contribution in [2.45, 2.75) is 6.92 Å². The van der Waals surface area contributed by atoms with E-state index < -0.39 is 5.97 Å². The van der Waals surface area contributed by atoms with Gasteiger partial charge in [-0.15, -0.1) is 0 Å². The first-order chi connectivity index (χ1) is 5.13. The van der Waals surface area contributed by atoms with E-state index in [0.717, 1.165) is 33.0 Å². The summed E-state index contributed by atoms with van der Waals surface area (Å²) in [5.74, 6) is -0.833. The fourth-order valence-corrected chi connectivity index (χ4v) is 1.54. The quantitative estimate of drug-likeness (QED) is 0.686. The number of carbonyl (C=O) groups is 1. The van der Waals surface area contributed by atoms with Gasteiger partial charge in [-0.3, -0.25) is 4.79 Å². The molecule has 0 heterocycles. The second kappa shape index (κ2) is 8.68. The molecule has 0 atom stereocenters. The van der Waals surface area contributed by atoms with Crippen LogP contribution in [0.15, 0.2) is 30.3 Å². The third-order valence-electron chi connectivity index (χ3n) is 0.843. The Morgan fingerprint density at radius 3 is 1.83 bits per heavy atom. The normalized spacial score (nSPS) is 7.25. The molecule has 4 heteroatoms. The van der Waals surface area contributed by atoms with Crippen molar-refractivity contribution < 1.29 is 36.0 Å². The minimum absolute atomic E-state index is 0. The van der Waals surface area contributed by atoms with Crippen molar-refractivity contribution in [3.05, 3.63) is 30.3 Å². The zero-order chi connectivity index (χ0) is 8.69. The third-order valence-corrected chi connectivity index (χ3v) is 2.68. The molecule has 4 N–H and O–H groups in total. The molecule has 1 rings (SSSR count). The summed E-state index contributed by atoms with van der Waals surface area (Å²) in [6.45, 7) is 1.08. The van der Waals surface area contributed by atoms with Gasteiger partial charge in [0.15, 0.2) is 0 Å². The molecule has 0 aromatic heterocycles. The Balaban J connectivity index is 0. The second-order valence-corrected chi connectivity index (χ2v) is 5.18. The zero-order valence-corrected chi connectivity index (χ0v) is 12.7. The summed E-state index contributed by atoms with van der Waals surface area (Å²) >= 11 is 0.810. The summed E-state index contributed by atoms with van der Waals surface area (Å²) in [4.78, 5) is 9.00. The van der Waals surface area contributed by atoms with E-state index in [1.165, 1.54) is 3.07 Å². The van der Waals surface area contributed by atoms with Crippen LogP contribution in [0.1, 0.15) is 6.92 Å². The second-order valence-electron chi connectivity index (χ2n) is 2.00. The van der Waals surface area contributed by atoms with Crippen molar-refractivity contribution in [2.24, 2.45) is 0 Å². The van der Waals surface area contributed by atoms with Crippen molar-refractivity contribution in [3.8, 4) is 0 Å². The molecule has 0 spiro atoms. The van der Waals surface area contributed by atoms with Crippen molar-refractivity contribution in [1.82, 2.24) is 6.15 Å². The molecule has 0 amide bonds. The first kappa shape index (κ1) is 14.1. The molecule has 0 bridgehead atoms. The van der Waals surface area contributed by atoms with Gasteiger partial charge >= 0.3 is 59.5 Å². The average Bonchev–Trinajstić information content (AvgIpc) is 1.87. The van der Waals surface area contributed by atoms with E-state index >= 15 is 0 Å². The first-order valence-electron chi connectivity index (χ1n) is 3.19. The molecule has 0 aliphatic carbocycles. The van der Waals surface area contributed by atoms with Crippen LogP contribution in [0.2, 0.25) is 0 Å². The number of carboxylic acid groups (broad SMARTS) is 1. The molecule has 12 heavy (non-hydrogen) atoms. The fraction of sp³-hybridized carbons (Fsp3) is 0.125. The Morgan fingerprint density at radius 1 is 1.33 bits per heavy atom. The fourth-order valence-electron chi connectivity index (χ4n) is 0.478. The Hall–Kier alpha value is -0.415. The average molecular weight is 355 g/mol. The molecule has 1 aromatic carbocycles. The molecule has 0 aliphatic heterocycles. The van der Waals surface area contributed by atoms with Crippen molar-refractivity contribution in [2.75, 3.05) is 0 Å². The van der Waals surface area contributed by atoms with Crippen LogP contribution >= 0.6 is 0 Å². The van der Waals surface area contributed by atoms with Crippen LogP contribution in [0, 0.1) is 0 Å². The monoisotopic (exact) mass is 356 g/mol. The van der Waals surface area contributed by atoms with E-state index in [9.17, 15) is 0 Å². The number of hydrogen-bond donors (Lipinski definition) is 2.